The Kier molecular flexibility index (Phi) is 1.34. The van der Waals surface area contributed by atoms with Gasteiger partial charge in [-0.15, -0.1) is 0 Å². The van der Waals surface area contributed by atoms with E-state index < -0.39 is 0 Å². The molecule has 0 saturated carbocycles. The maximum atomic E-state index is 10.7. The molecular weight excluding hydrogens is 116 g/mol. The highest BCUT2D eigenvalue weighted by atomic mass is 16.1. The summed E-state index contributed by atoms with van der Waals surface area (Å²) in [5.41, 5.74) is 1.43. The summed E-state index contributed by atoms with van der Waals surface area (Å²) in [5, 5.41) is 0. The van der Waals surface area contributed by atoms with Gasteiger partial charge >= 0.3 is 0 Å². The molecule has 1 heterocycles. The van der Waals surface area contributed by atoms with Crippen molar-refractivity contribution in [3.63, 3.8) is 0 Å². The predicted molar refractivity (Wildman–Crippen MR) is 34.3 cm³/mol. The summed E-state index contributed by atoms with van der Waals surface area (Å²) in [6.07, 6.45) is 1.41. The largest absolute Gasteiger partial charge is 0.350 e. The number of nitrogens with zero attached hydrogens (tertiary/aromatic N) is 1. The van der Waals surface area contributed by atoms with E-state index in [0.29, 0.717) is 5.56 Å². The molecule has 0 spiro atoms. The highest BCUT2D eigenvalue weighted by molar-refractivity contribution is 5.10. The molecule has 1 rings (SSSR count). The van der Waals surface area contributed by atoms with Crippen LogP contribution in [0.4, 0.5) is 0 Å². The molecule has 0 amide bonds. The fourth-order valence-corrected chi connectivity index (χ4v) is 0.553. The molecule has 0 aliphatic heterocycles. The van der Waals surface area contributed by atoms with E-state index in [4.69, 9.17) is 0 Å². The summed E-state index contributed by atoms with van der Waals surface area (Å²) in [4.78, 5) is 17.1. The Morgan fingerprint density at radius 3 is 2.67 bits per heavy atom. The fourth-order valence-electron chi connectivity index (χ4n) is 0.553. The highest BCUT2D eigenvalue weighted by Crippen LogP contribution is 1.90. The van der Waals surface area contributed by atoms with Gasteiger partial charge < -0.3 is 4.98 Å². The van der Waals surface area contributed by atoms with Gasteiger partial charge in [-0.25, -0.2) is 0 Å². The van der Waals surface area contributed by atoms with Gasteiger partial charge in [0, 0.05) is 11.3 Å². The molecule has 0 radical (unpaired) electrons. The smallest absolute Gasteiger partial charge is 0.275 e. The highest BCUT2D eigenvalue weighted by Gasteiger charge is 1.94. The Labute approximate surface area is 52.8 Å². The number of aryl methyl sites for hydroxylation is 1. The molecular formula is C6H8N2O. The summed E-state index contributed by atoms with van der Waals surface area (Å²) in [7, 11) is 0. The summed E-state index contributed by atoms with van der Waals surface area (Å²) in [6, 6.07) is 0. The Morgan fingerprint density at radius 2 is 2.22 bits per heavy atom. The molecule has 1 aromatic heterocycles. The Hall–Kier alpha value is -1.12. The Morgan fingerprint density at radius 1 is 1.56 bits per heavy atom. The summed E-state index contributed by atoms with van der Waals surface area (Å²) < 4.78 is 0. The first-order valence-electron chi connectivity index (χ1n) is 2.72. The SMILES string of the molecule is Cc1[nH]cnc(=O)c1C. The summed E-state index contributed by atoms with van der Waals surface area (Å²) in [5.74, 6) is 0. The average Bonchev–Trinajstić information content (AvgIpc) is 1.83. The van der Waals surface area contributed by atoms with Crippen LogP contribution in [-0.2, 0) is 0 Å². The standard InChI is InChI=1S/C6H8N2O/c1-4-5(2)7-3-8-6(4)9/h3H,1-2H3,(H,7,8,9). The van der Waals surface area contributed by atoms with E-state index in [0.717, 1.165) is 5.69 Å². The molecule has 0 aromatic carbocycles. The summed E-state index contributed by atoms with van der Waals surface area (Å²) in [6.45, 7) is 3.60. The van der Waals surface area contributed by atoms with Crippen molar-refractivity contribution in [2.45, 2.75) is 13.8 Å². The van der Waals surface area contributed by atoms with Gasteiger partial charge in [-0.3, -0.25) is 4.79 Å². The van der Waals surface area contributed by atoms with Crippen LogP contribution in [0.5, 0.6) is 0 Å². The van der Waals surface area contributed by atoms with E-state index in [-0.39, 0.29) is 5.56 Å². The second-order valence-corrected chi connectivity index (χ2v) is 1.96. The minimum Gasteiger partial charge on any atom is -0.350 e. The van der Waals surface area contributed by atoms with Crippen LogP contribution in [0.1, 0.15) is 11.3 Å². The quantitative estimate of drug-likeness (QED) is 0.543. The van der Waals surface area contributed by atoms with Gasteiger partial charge in [0.1, 0.15) is 0 Å². The van der Waals surface area contributed by atoms with Crippen LogP contribution in [-0.4, -0.2) is 9.97 Å². The van der Waals surface area contributed by atoms with Crippen molar-refractivity contribution in [2.24, 2.45) is 0 Å². The minimum atomic E-state index is -0.147. The zero-order valence-electron chi connectivity index (χ0n) is 5.43. The molecule has 0 aliphatic carbocycles. The molecule has 0 aliphatic rings. The number of nitrogens with one attached hydrogen (secondary N) is 1. The lowest BCUT2D eigenvalue weighted by atomic mass is 10.3. The van der Waals surface area contributed by atoms with Crippen molar-refractivity contribution in [2.75, 3.05) is 0 Å². The van der Waals surface area contributed by atoms with Crippen molar-refractivity contribution >= 4 is 0 Å². The van der Waals surface area contributed by atoms with Gasteiger partial charge in [-0.05, 0) is 13.8 Å². The van der Waals surface area contributed by atoms with Crippen LogP contribution >= 0.6 is 0 Å². The molecule has 48 valence electrons. The lowest BCUT2D eigenvalue weighted by Gasteiger charge is -1.93. The normalized spacial score (nSPS) is 9.56. The summed E-state index contributed by atoms with van der Waals surface area (Å²) >= 11 is 0. The van der Waals surface area contributed by atoms with Crippen LogP contribution in [0.2, 0.25) is 0 Å². The molecule has 0 fully saturated rings. The first-order valence-corrected chi connectivity index (χ1v) is 2.72. The topological polar surface area (TPSA) is 45.8 Å². The molecule has 3 heteroatoms. The molecule has 0 saturated heterocycles. The van der Waals surface area contributed by atoms with Crippen LogP contribution in [0.3, 0.4) is 0 Å². The third-order valence-electron chi connectivity index (χ3n) is 1.35. The van der Waals surface area contributed by atoms with Gasteiger partial charge in [0.25, 0.3) is 5.56 Å². The van der Waals surface area contributed by atoms with E-state index in [1.54, 1.807) is 6.92 Å². The molecule has 9 heavy (non-hydrogen) atoms. The average molecular weight is 124 g/mol. The minimum absolute atomic E-state index is 0.147. The molecule has 1 aromatic rings. The zero-order valence-corrected chi connectivity index (χ0v) is 5.43. The van der Waals surface area contributed by atoms with Crippen LogP contribution in [0.25, 0.3) is 0 Å². The molecule has 1 N–H and O–H groups in total. The van der Waals surface area contributed by atoms with Gasteiger partial charge in [0.2, 0.25) is 0 Å². The zero-order chi connectivity index (χ0) is 6.85. The predicted octanol–water partition coefficient (Wildman–Crippen LogP) is 0.387. The Balaban J connectivity index is 3.43. The van der Waals surface area contributed by atoms with E-state index >= 15 is 0 Å². The Bertz CT molecular complexity index is 264. The maximum Gasteiger partial charge on any atom is 0.275 e. The number of hydrogen-bond acceptors (Lipinski definition) is 2. The van der Waals surface area contributed by atoms with Crippen molar-refractivity contribution in [3.05, 3.63) is 27.9 Å². The van der Waals surface area contributed by atoms with Gasteiger partial charge in [0.05, 0.1) is 6.33 Å². The van der Waals surface area contributed by atoms with Crippen molar-refractivity contribution in [3.8, 4) is 0 Å². The second kappa shape index (κ2) is 2.01. The third kappa shape index (κ3) is 0.988. The second-order valence-electron chi connectivity index (χ2n) is 1.96. The van der Waals surface area contributed by atoms with Crippen LogP contribution < -0.4 is 5.56 Å². The van der Waals surface area contributed by atoms with E-state index in [2.05, 4.69) is 9.97 Å². The van der Waals surface area contributed by atoms with E-state index in [1.165, 1.54) is 6.33 Å². The third-order valence-corrected chi connectivity index (χ3v) is 1.35. The number of hydrogen-bond donors (Lipinski definition) is 1. The van der Waals surface area contributed by atoms with Gasteiger partial charge in [-0.1, -0.05) is 0 Å². The van der Waals surface area contributed by atoms with Crippen molar-refractivity contribution < 1.29 is 0 Å². The monoisotopic (exact) mass is 124 g/mol. The number of aromatic nitrogens is 2. The van der Waals surface area contributed by atoms with Crippen LogP contribution in [0, 0.1) is 13.8 Å². The van der Waals surface area contributed by atoms with Gasteiger partial charge in [-0.2, -0.15) is 4.98 Å². The van der Waals surface area contributed by atoms with Crippen LogP contribution in [0.15, 0.2) is 11.1 Å². The number of rotatable bonds is 0. The van der Waals surface area contributed by atoms with Crippen molar-refractivity contribution in [1.29, 1.82) is 0 Å². The van der Waals surface area contributed by atoms with Crippen molar-refractivity contribution in [1.82, 2.24) is 9.97 Å². The first kappa shape index (κ1) is 6.01. The molecule has 0 atom stereocenters. The first-order chi connectivity index (χ1) is 4.22. The fraction of sp³-hybridized carbons (Fsp3) is 0.333. The molecule has 0 unspecified atom stereocenters. The van der Waals surface area contributed by atoms with Gasteiger partial charge in [0.15, 0.2) is 0 Å². The lowest BCUT2D eigenvalue weighted by molar-refractivity contribution is 1.02. The molecule has 0 bridgehead atoms. The lowest BCUT2D eigenvalue weighted by Crippen LogP contribution is -2.11. The molecule has 3 nitrogen and oxygen atoms in total. The van der Waals surface area contributed by atoms with E-state index in [1.807, 2.05) is 6.92 Å². The maximum absolute atomic E-state index is 10.7. The van der Waals surface area contributed by atoms with E-state index in [9.17, 15) is 4.79 Å². The number of H-pyrrole nitrogens is 1. The number of aromatic amines is 1.